The predicted octanol–water partition coefficient (Wildman–Crippen LogP) is 3.82. The van der Waals surface area contributed by atoms with Gasteiger partial charge in [0.1, 0.15) is 5.78 Å². The lowest BCUT2D eigenvalue weighted by Gasteiger charge is -2.21. The lowest BCUT2D eigenvalue weighted by molar-refractivity contribution is -0.122. The van der Waals surface area contributed by atoms with Crippen molar-refractivity contribution in [2.24, 2.45) is 35.5 Å². The van der Waals surface area contributed by atoms with Gasteiger partial charge in [0.25, 0.3) is 0 Å². The zero-order valence-electron chi connectivity index (χ0n) is 10.7. The highest BCUT2D eigenvalue weighted by atomic mass is 16.1. The summed E-state index contributed by atoms with van der Waals surface area (Å²) in [4.78, 5) is 12.4. The minimum Gasteiger partial charge on any atom is -0.299 e. The fourth-order valence-corrected chi connectivity index (χ4v) is 5.57. The first-order valence-electron chi connectivity index (χ1n) is 7.87. The molecule has 2 bridgehead atoms. The van der Waals surface area contributed by atoms with E-state index in [1.54, 1.807) is 0 Å². The van der Waals surface area contributed by atoms with Gasteiger partial charge in [-0.2, -0.15) is 0 Å². The number of carbonyl (C=O) groups is 1. The average Bonchev–Trinajstić information content (AvgIpc) is 2.80. The standard InChI is InChI=1S/C16H24O/c17-13(8-10-4-2-1-3-5-10)16-14-11-6-7-12(9-11)15(14)16/h10-12,14-16H,1-9H2. The van der Waals surface area contributed by atoms with E-state index in [-0.39, 0.29) is 0 Å². The van der Waals surface area contributed by atoms with E-state index < -0.39 is 0 Å². The van der Waals surface area contributed by atoms with Crippen molar-refractivity contribution >= 4 is 5.78 Å². The number of hydrogen-bond donors (Lipinski definition) is 0. The largest absolute Gasteiger partial charge is 0.299 e. The van der Waals surface area contributed by atoms with Crippen molar-refractivity contribution in [1.29, 1.82) is 0 Å². The molecule has 4 unspecified atom stereocenters. The van der Waals surface area contributed by atoms with Gasteiger partial charge < -0.3 is 0 Å². The minimum absolute atomic E-state index is 0.545. The Hall–Kier alpha value is -0.330. The summed E-state index contributed by atoms with van der Waals surface area (Å²) in [6.07, 6.45) is 12.1. The molecule has 0 saturated heterocycles. The maximum atomic E-state index is 12.4. The van der Waals surface area contributed by atoms with Gasteiger partial charge in [0.2, 0.25) is 0 Å². The van der Waals surface area contributed by atoms with E-state index in [0.29, 0.717) is 11.7 Å². The first-order chi connectivity index (χ1) is 8.34. The van der Waals surface area contributed by atoms with Crippen molar-refractivity contribution in [3.8, 4) is 0 Å². The number of carbonyl (C=O) groups excluding carboxylic acids is 1. The molecule has 0 aromatic heterocycles. The molecule has 0 spiro atoms. The SMILES string of the molecule is O=C(CC1CCCCC1)C1C2C3CCC(C3)C12. The lowest BCUT2D eigenvalue weighted by atomic mass is 9.84. The Morgan fingerprint density at radius 1 is 0.882 bits per heavy atom. The number of hydrogen-bond acceptors (Lipinski definition) is 1. The molecule has 0 aliphatic heterocycles. The molecule has 1 nitrogen and oxygen atoms in total. The second-order valence-electron chi connectivity index (χ2n) is 7.19. The molecule has 0 aromatic rings. The van der Waals surface area contributed by atoms with E-state index >= 15 is 0 Å². The van der Waals surface area contributed by atoms with Crippen LogP contribution in [0.1, 0.15) is 57.8 Å². The predicted molar refractivity (Wildman–Crippen MR) is 67.5 cm³/mol. The van der Waals surface area contributed by atoms with Crippen LogP contribution in [0.4, 0.5) is 0 Å². The third kappa shape index (κ3) is 1.61. The van der Waals surface area contributed by atoms with Crippen molar-refractivity contribution in [3.05, 3.63) is 0 Å². The first-order valence-corrected chi connectivity index (χ1v) is 7.87. The van der Waals surface area contributed by atoms with Crippen LogP contribution in [0, 0.1) is 35.5 Å². The fraction of sp³-hybridized carbons (Fsp3) is 0.938. The summed E-state index contributed by atoms with van der Waals surface area (Å²) in [5.74, 6) is 5.63. The van der Waals surface area contributed by atoms with Crippen LogP contribution < -0.4 is 0 Å². The molecule has 0 radical (unpaired) electrons. The van der Waals surface area contributed by atoms with Gasteiger partial charge in [-0.25, -0.2) is 0 Å². The van der Waals surface area contributed by atoms with Gasteiger partial charge in [0.15, 0.2) is 0 Å². The Morgan fingerprint density at radius 3 is 2.18 bits per heavy atom. The van der Waals surface area contributed by atoms with Crippen molar-refractivity contribution < 1.29 is 4.79 Å². The highest BCUT2D eigenvalue weighted by Gasteiger charge is 2.66. The molecule has 0 aromatic carbocycles. The molecular weight excluding hydrogens is 208 g/mol. The molecule has 4 fully saturated rings. The molecule has 4 atom stereocenters. The zero-order valence-corrected chi connectivity index (χ0v) is 10.7. The molecule has 4 saturated carbocycles. The summed E-state index contributed by atoms with van der Waals surface area (Å²) >= 11 is 0. The molecule has 0 amide bonds. The Bertz CT molecular complexity index is 312. The summed E-state index contributed by atoms with van der Waals surface area (Å²) in [6.45, 7) is 0. The summed E-state index contributed by atoms with van der Waals surface area (Å²) in [5.41, 5.74) is 0. The topological polar surface area (TPSA) is 17.1 Å². The van der Waals surface area contributed by atoms with E-state index in [2.05, 4.69) is 0 Å². The van der Waals surface area contributed by atoms with Crippen LogP contribution in [-0.4, -0.2) is 5.78 Å². The normalized spacial score (nSPS) is 48.1. The summed E-state index contributed by atoms with van der Waals surface area (Å²) in [5, 5.41) is 0. The van der Waals surface area contributed by atoms with Crippen LogP contribution >= 0.6 is 0 Å². The number of Topliss-reactive ketones (excluding diaryl/α,β-unsaturated/α-hetero) is 1. The Balaban J connectivity index is 1.36. The van der Waals surface area contributed by atoms with Gasteiger partial charge in [-0.15, -0.1) is 0 Å². The van der Waals surface area contributed by atoms with Crippen LogP contribution in [0.2, 0.25) is 0 Å². The fourth-order valence-electron chi connectivity index (χ4n) is 5.57. The van der Waals surface area contributed by atoms with Crippen molar-refractivity contribution in [3.63, 3.8) is 0 Å². The molecule has 0 heterocycles. The van der Waals surface area contributed by atoms with Gasteiger partial charge >= 0.3 is 0 Å². The quantitative estimate of drug-likeness (QED) is 0.723. The summed E-state index contributed by atoms with van der Waals surface area (Å²) < 4.78 is 0. The second-order valence-corrected chi connectivity index (χ2v) is 7.19. The van der Waals surface area contributed by atoms with Gasteiger partial charge in [-0.1, -0.05) is 32.1 Å². The Morgan fingerprint density at radius 2 is 1.53 bits per heavy atom. The van der Waals surface area contributed by atoms with Gasteiger partial charge in [0.05, 0.1) is 0 Å². The van der Waals surface area contributed by atoms with Crippen LogP contribution in [0.25, 0.3) is 0 Å². The third-order valence-corrected chi connectivity index (χ3v) is 6.32. The summed E-state index contributed by atoms with van der Waals surface area (Å²) in [7, 11) is 0. The van der Waals surface area contributed by atoms with Gasteiger partial charge in [-0.05, 0) is 48.9 Å². The highest BCUT2D eigenvalue weighted by Crippen LogP contribution is 2.69. The molecule has 17 heavy (non-hydrogen) atoms. The molecule has 4 aliphatic rings. The maximum absolute atomic E-state index is 12.4. The van der Waals surface area contributed by atoms with Gasteiger partial charge in [-0.3, -0.25) is 4.79 Å². The minimum atomic E-state index is 0.545. The third-order valence-electron chi connectivity index (χ3n) is 6.32. The Kier molecular flexibility index (Phi) is 2.38. The van der Waals surface area contributed by atoms with E-state index in [9.17, 15) is 4.79 Å². The lowest BCUT2D eigenvalue weighted by Crippen LogP contribution is -2.16. The maximum Gasteiger partial charge on any atom is 0.136 e. The van der Waals surface area contributed by atoms with Crippen LogP contribution in [0.15, 0.2) is 0 Å². The summed E-state index contributed by atoms with van der Waals surface area (Å²) in [6, 6.07) is 0. The number of ketones is 1. The van der Waals surface area contributed by atoms with E-state index in [4.69, 9.17) is 0 Å². The van der Waals surface area contributed by atoms with Crippen LogP contribution in [0.5, 0.6) is 0 Å². The molecule has 0 N–H and O–H groups in total. The Labute approximate surface area is 104 Å². The molecule has 94 valence electrons. The molecule has 1 heteroatoms. The number of rotatable bonds is 3. The molecule has 4 aliphatic carbocycles. The van der Waals surface area contributed by atoms with E-state index in [1.807, 2.05) is 0 Å². The van der Waals surface area contributed by atoms with Crippen molar-refractivity contribution in [2.45, 2.75) is 57.8 Å². The van der Waals surface area contributed by atoms with Crippen LogP contribution in [0.3, 0.4) is 0 Å². The zero-order chi connectivity index (χ0) is 11.4. The monoisotopic (exact) mass is 232 g/mol. The van der Waals surface area contributed by atoms with Crippen LogP contribution in [-0.2, 0) is 4.79 Å². The van der Waals surface area contributed by atoms with Gasteiger partial charge in [0, 0.05) is 12.3 Å². The van der Waals surface area contributed by atoms with Crippen molar-refractivity contribution in [2.75, 3.05) is 0 Å². The van der Waals surface area contributed by atoms with Crippen molar-refractivity contribution in [1.82, 2.24) is 0 Å². The molecule has 4 rings (SSSR count). The van der Waals surface area contributed by atoms with E-state index in [0.717, 1.165) is 36.0 Å². The smallest absolute Gasteiger partial charge is 0.136 e. The molecular formula is C16H24O. The number of fused-ring (bicyclic) bond motifs is 5. The first kappa shape index (κ1) is 10.6. The van der Waals surface area contributed by atoms with E-state index in [1.165, 1.54) is 51.4 Å². The second kappa shape index (κ2) is 3.83. The average molecular weight is 232 g/mol. The highest BCUT2D eigenvalue weighted by molar-refractivity contribution is 5.85.